The van der Waals surface area contributed by atoms with Gasteiger partial charge in [-0.25, -0.2) is 0 Å². The number of benzene rings is 7. The van der Waals surface area contributed by atoms with Crippen LogP contribution < -0.4 is 4.90 Å². The van der Waals surface area contributed by atoms with Crippen molar-refractivity contribution in [2.45, 2.75) is 38.5 Å². The summed E-state index contributed by atoms with van der Waals surface area (Å²) in [6.07, 6.45) is 0. The van der Waals surface area contributed by atoms with Gasteiger partial charge in [0.2, 0.25) is 0 Å². The first-order valence-electron chi connectivity index (χ1n) is 17.7. The first-order chi connectivity index (χ1) is 24.3. The fraction of sp³-hybridized carbons (Fsp3) is 0.125. The molecule has 0 saturated heterocycles. The summed E-state index contributed by atoms with van der Waals surface area (Å²) < 4.78 is 2.46. The van der Waals surface area contributed by atoms with Gasteiger partial charge in [0.1, 0.15) is 0 Å². The highest BCUT2D eigenvalue weighted by Gasteiger charge is 2.38. The van der Waals surface area contributed by atoms with Crippen molar-refractivity contribution in [3.8, 4) is 27.9 Å². The third kappa shape index (κ3) is 3.96. The molecule has 0 fully saturated rings. The van der Waals surface area contributed by atoms with Crippen molar-refractivity contribution in [1.29, 1.82) is 0 Å². The molecule has 0 saturated carbocycles. The van der Waals surface area contributed by atoms with Gasteiger partial charge < -0.3 is 9.47 Å². The van der Waals surface area contributed by atoms with Gasteiger partial charge >= 0.3 is 0 Å². The van der Waals surface area contributed by atoms with Crippen molar-refractivity contribution in [3.63, 3.8) is 0 Å². The van der Waals surface area contributed by atoms with Gasteiger partial charge in [-0.15, -0.1) is 0 Å². The van der Waals surface area contributed by atoms with Crippen LogP contribution in [0.25, 0.3) is 49.7 Å². The molecule has 2 heterocycles. The molecule has 1 aliphatic carbocycles. The summed E-state index contributed by atoms with van der Waals surface area (Å²) in [5.41, 5.74) is 17.8. The summed E-state index contributed by atoms with van der Waals surface area (Å²) >= 11 is 0. The van der Waals surface area contributed by atoms with Gasteiger partial charge in [0.15, 0.2) is 0 Å². The number of hydrogen-bond acceptors (Lipinski definition) is 1. The molecular weight excluding hydrogens is 605 g/mol. The fourth-order valence-electron chi connectivity index (χ4n) is 8.98. The van der Waals surface area contributed by atoms with E-state index in [-0.39, 0.29) is 10.8 Å². The van der Waals surface area contributed by atoms with Gasteiger partial charge in [0.05, 0.1) is 22.4 Å². The SMILES string of the molecule is CC1(C)c2ccccc2-c2cc3c4ccccc4n(-c4ccc(-c5ccc6c(c5)C(C)(C)c5ccccc5N6c5ccccc5)cc4)c3cc21. The van der Waals surface area contributed by atoms with E-state index in [0.717, 1.165) is 0 Å². The molecule has 0 radical (unpaired) electrons. The molecule has 0 unspecified atom stereocenters. The maximum atomic E-state index is 2.46. The van der Waals surface area contributed by atoms with E-state index >= 15 is 0 Å². The summed E-state index contributed by atoms with van der Waals surface area (Å²) in [5, 5.41) is 2.59. The molecule has 1 aromatic heterocycles. The molecule has 7 aromatic carbocycles. The summed E-state index contributed by atoms with van der Waals surface area (Å²) in [4.78, 5) is 2.42. The smallest absolute Gasteiger partial charge is 0.0544 e. The molecule has 8 aromatic rings. The second kappa shape index (κ2) is 10.3. The summed E-state index contributed by atoms with van der Waals surface area (Å²) in [6.45, 7) is 9.45. The van der Waals surface area contributed by atoms with Crippen LogP contribution in [0.3, 0.4) is 0 Å². The highest BCUT2D eigenvalue weighted by molar-refractivity contribution is 6.11. The molecular formula is C48H38N2. The molecule has 0 N–H and O–H groups in total. The van der Waals surface area contributed by atoms with Crippen molar-refractivity contribution in [2.75, 3.05) is 4.90 Å². The van der Waals surface area contributed by atoms with Crippen molar-refractivity contribution in [2.24, 2.45) is 0 Å². The lowest BCUT2D eigenvalue weighted by molar-refractivity contribution is 0.632. The number of para-hydroxylation sites is 3. The van der Waals surface area contributed by atoms with Gasteiger partial charge in [-0.3, -0.25) is 0 Å². The number of fused-ring (bicyclic) bond motifs is 8. The van der Waals surface area contributed by atoms with E-state index in [1.54, 1.807) is 0 Å². The third-order valence-electron chi connectivity index (χ3n) is 11.6. The van der Waals surface area contributed by atoms with Crippen molar-refractivity contribution >= 4 is 38.9 Å². The molecule has 0 spiro atoms. The molecule has 0 amide bonds. The summed E-state index contributed by atoms with van der Waals surface area (Å²) in [7, 11) is 0. The predicted molar refractivity (Wildman–Crippen MR) is 211 cm³/mol. The van der Waals surface area contributed by atoms with Crippen LogP contribution in [0.2, 0.25) is 0 Å². The minimum Gasteiger partial charge on any atom is -0.310 e. The summed E-state index contributed by atoms with van der Waals surface area (Å²) in [6, 6.07) is 58.5. The summed E-state index contributed by atoms with van der Waals surface area (Å²) in [5.74, 6) is 0. The molecule has 2 heteroatoms. The molecule has 2 nitrogen and oxygen atoms in total. The number of rotatable bonds is 3. The number of nitrogens with zero attached hydrogens (tertiary/aromatic N) is 2. The Balaban J connectivity index is 1.10. The van der Waals surface area contributed by atoms with Crippen molar-refractivity contribution < 1.29 is 0 Å². The zero-order valence-corrected chi connectivity index (χ0v) is 28.9. The van der Waals surface area contributed by atoms with Crippen molar-refractivity contribution in [1.82, 2.24) is 4.57 Å². The first kappa shape index (κ1) is 29.1. The Morgan fingerprint density at radius 2 is 1.02 bits per heavy atom. The quantitative estimate of drug-likeness (QED) is 0.186. The second-order valence-corrected chi connectivity index (χ2v) is 15.0. The highest BCUT2D eigenvalue weighted by Crippen LogP contribution is 2.53. The number of aromatic nitrogens is 1. The zero-order valence-electron chi connectivity index (χ0n) is 28.9. The monoisotopic (exact) mass is 642 g/mol. The lowest BCUT2D eigenvalue weighted by atomic mass is 9.73. The Hall–Kier alpha value is -5.86. The topological polar surface area (TPSA) is 8.17 Å². The van der Waals surface area contributed by atoms with Crippen LogP contribution in [-0.4, -0.2) is 4.57 Å². The van der Waals surface area contributed by atoms with Crippen LogP contribution in [0, 0.1) is 0 Å². The second-order valence-electron chi connectivity index (χ2n) is 15.0. The van der Waals surface area contributed by atoms with E-state index in [1.807, 2.05) is 0 Å². The molecule has 0 bridgehead atoms. The van der Waals surface area contributed by atoms with Crippen LogP contribution in [0.1, 0.15) is 49.9 Å². The lowest BCUT2D eigenvalue weighted by Gasteiger charge is -2.42. The number of hydrogen-bond donors (Lipinski definition) is 0. The molecule has 1 aliphatic heterocycles. The fourth-order valence-corrected chi connectivity index (χ4v) is 8.98. The molecule has 2 aliphatic rings. The van der Waals surface area contributed by atoms with E-state index in [9.17, 15) is 0 Å². The minimum atomic E-state index is -0.149. The maximum Gasteiger partial charge on any atom is 0.0544 e. The standard InChI is InChI=1S/C48H38N2/c1-47(2)39-18-10-8-16-35(39)37-29-38-36-17-9-12-20-43(36)49(46(38)30-41(37)47)34-25-22-31(23-26-34)32-24-27-45-42(28-32)48(3,4)40-19-11-13-21-44(40)50(45)33-14-6-5-7-15-33/h5-30H,1-4H3. The van der Waals surface area contributed by atoms with Gasteiger partial charge in [-0.05, 0) is 105 Å². The Morgan fingerprint density at radius 3 is 1.84 bits per heavy atom. The van der Waals surface area contributed by atoms with Crippen LogP contribution in [0.5, 0.6) is 0 Å². The lowest BCUT2D eigenvalue weighted by Crippen LogP contribution is -2.30. The molecule has 0 atom stereocenters. The normalized spacial score (nSPS) is 15.1. The van der Waals surface area contributed by atoms with E-state index in [2.05, 4.69) is 195 Å². The Kier molecular flexibility index (Phi) is 6.01. The largest absolute Gasteiger partial charge is 0.310 e. The van der Waals surface area contributed by atoms with Crippen LogP contribution in [0.15, 0.2) is 158 Å². The molecule has 50 heavy (non-hydrogen) atoms. The van der Waals surface area contributed by atoms with E-state index in [1.165, 1.54) is 89.1 Å². The number of anilines is 3. The maximum absolute atomic E-state index is 2.46. The van der Waals surface area contributed by atoms with E-state index in [4.69, 9.17) is 0 Å². The molecule has 240 valence electrons. The Labute approximate surface area is 293 Å². The average molecular weight is 643 g/mol. The zero-order chi connectivity index (χ0) is 33.8. The Morgan fingerprint density at radius 1 is 0.380 bits per heavy atom. The van der Waals surface area contributed by atoms with Gasteiger partial charge in [-0.2, -0.15) is 0 Å². The first-order valence-corrected chi connectivity index (χ1v) is 17.7. The van der Waals surface area contributed by atoms with Gasteiger partial charge in [-0.1, -0.05) is 125 Å². The highest BCUT2D eigenvalue weighted by atomic mass is 15.2. The minimum absolute atomic E-state index is 0.0535. The van der Waals surface area contributed by atoms with Gasteiger partial charge in [0.25, 0.3) is 0 Å². The average Bonchev–Trinajstić information content (AvgIpc) is 3.59. The van der Waals surface area contributed by atoms with Crippen LogP contribution >= 0.6 is 0 Å². The van der Waals surface area contributed by atoms with E-state index in [0.29, 0.717) is 0 Å². The van der Waals surface area contributed by atoms with Crippen LogP contribution in [-0.2, 0) is 10.8 Å². The van der Waals surface area contributed by atoms with Gasteiger partial charge in [0, 0.05) is 33.0 Å². The van der Waals surface area contributed by atoms with Crippen LogP contribution in [0.4, 0.5) is 17.1 Å². The van der Waals surface area contributed by atoms with E-state index < -0.39 is 0 Å². The predicted octanol–water partition coefficient (Wildman–Crippen LogP) is 12.9. The third-order valence-corrected chi connectivity index (χ3v) is 11.6. The molecule has 10 rings (SSSR count). The van der Waals surface area contributed by atoms with Crippen molar-refractivity contribution in [3.05, 3.63) is 180 Å². The Bertz CT molecular complexity index is 2640.